The van der Waals surface area contributed by atoms with Crippen LogP contribution in [0.15, 0.2) is 60.7 Å². The third kappa shape index (κ3) is 5.12. The van der Waals surface area contributed by atoms with Crippen molar-refractivity contribution in [3.63, 3.8) is 0 Å². The molecule has 0 fully saturated rings. The molecule has 25 heavy (non-hydrogen) atoms. The van der Waals surface area contributed by atoms with E-state index in [4.69, 9.17) is 19.3 Å². The second-order valence-electron chi connectivity index (χ2n) is 6.06. The lowest BCUT2D eigenvalue weighted by Gasteiger charge is -2.08. The molecule has 5 nitrogen and oxygen atoms in total. The summed E-state index contributed by atoms with van der Waals surface area (Å²) in [6, 6.07) is 20.4. The van der Waals surface area contributed by atoms with E-state index in [1.165, 1.54) is 5.56 Å². The van der Waals surface area contributed by atoms with Crippen LogP contribution in [0.25, 0.3) is 16.9 Å². The first-order chi connectivity index (χ1) is 12.0. The van der Waals surface area contributed by atoms with Crippen LogP contribution in [-0.2, 0) is 18.0 Å². The number of nitrogen functional groups attached to an aromatic ring is 1. The Kier molecular flexibility index (Phi) is 6.65. The van der Waals surface area contributed by atoms with Crippen molar-refractivity contribution in [2.45, 2.75) is 20.3 Å². The molecule has 130 valence electrons. The van der Waals surface area contributed by atoms with Crippen molar-refractivity contribution in [3.8, 4) is 16.9 Å². The van der Waals surface area contributed by atoms with Crippen LogP contribution in [0.3, 0.4) is 0 Å². The van der Waals surface area contributed by atoms with E-state index < -0.39 is 11.6 Å². The van der Waals surface area contributed by atoms with E-state index in [2.05, 4.69) is 44.2 Å². The molecule has 0 saturated carbocycles. The van der Waals surface area contributed by atoms with Gasteiger partial charge in [-0.2, -0.15) is 13.5 Å². The Balaban J connectivity index is 0.000000701. The van der Waals surface area contributed by atoms with Gasteiger partial charge in [0.25, 0.3) is 0 Å². The largest absolute Gasteiger partial charge is 0.399 e. The summed E-state index contributed by atoms with van der Waals surface area (Å²) in [5, 5.41) is 4.80. The summed E-state index contributed by atoms with van der Waals surface area (Å²) in [4.78, 5) is 0. The maximum atomic E-state index is 8.29. The molecule has 0 aliphatic rings. The molecule has 0 aliphatic heterocycles. The van der Waals surface area contributed by atoms with E-state index in [0.717, 1.165) is 29.2 Å². The third-order valence-corrected chi connectivity index (χ3v) is 3.58. The summed E-state index contributed by atoms with van der Waals surface area (Å²) < 4.78 is 18.6. The Bertz CT molecular complexity index is 837. The maximum absolute atomic E-state index is 8.29. The molecule has 0 atom stereocenters. The third-order valence-electron chi connectivity index (χ3n) is 3.58. The average molecular weight is 355 g/mol. The van der Waals surface area contributed by atoms with Crippen LogP contribution in [0.4, 0.5) is 5.69 Å². The number of nitrogens with two attached hydrogens (primary N) is 1. The highest BCUT2D eigenvalue weighted by Crippen LogP contribution is 2.25. The van der Waals surface area contributed by atoms with Crippen molar-refractivity contribution in [2.75, 3.05) is 5.73 Å². The summed E-state index contributed by atoms with van der Waals surface area (Å²) in [5.41, 5.74) is 11.0. The fourth-order valence-corrected chi connectivity index (χ4v) is 2.58. The zero-order valence-electron chi connectivity index (χ0n) is 14.3. The SMILES string of the molecule is CC(C)Cc1cc(-c2ccccc2)n(-c2ccc(N)cc2)n1.O=S=O. The molecule has 0 aliphatic carbocycles. The van der Waals surface area contributed by atoms with Crippen LogP contribution in [0.5, 0.6) is 0 Å². The van der Waals surface area contributed by atoms with Crippen LogP contribution in [0.2, 0.25) is 0 Å². The van der Waals surface area contributed by atoms with Gasteiger partial charge in [-0.25, -0.2) is 4.68 Å². The first kappa shape index (κ1) is 18.6. The number of hydrogen-bond acceptors (Lipinski definition) is 4. The predicted molar refractivity (Wildman–Crippen MR) is 101 cm³/mol. The Morgan fingerprint density at radius 3 is 2.20 bits per heavy atom. The fraction of sp³-hybridized carbons (Fsp3) is 0.211. The Morgan fingerprint density at radius 2 is 1.64 bits per heavy atom. The highest BCUT2D eigenvalue weighted by atomic mass is 32.1. The molecule has 0 amide bonds. The molecule has 6 heteroatoms. The molecule has 2 aromatic carbocycles. The molecule has 3 aromatic rings. The van der Waals surface area contributed by atoms with Crippen molar-refractivity contribution >= 4 is 17.3 Å². The van der Waals surface area contributed by atoms with Crippen LogP contribution >= 0.6 is 0 Å². The number of hydrogen-bond donors (Lipinski definition) is 1. The number of rotatable bonds is 4. The summed E-state index contributed by atoms with van der Waals surface area (Å²) in [6.07, 6.45) is 0.974. The lowest BCUT2D eigenvalue weighted by Crippen LogP contribution is -2.01. The molecular weight excluding hydrogens is 334 g/mol. The highest BCUT2D eigenvalue weighted by molar-refractivity contribution is 7.51. The number of benzene rings is 2. The van der Waals surface area contributed by atoms with E-state index in [9.17, 15) is 0 Å². The number of aromatic nitrogens is 2. The molecule has 2 N–H and O–H groups in total. The molecule has 0 bridgehead atoms. The van der Waals surface area contributed by atoms with Gasteiger partial charge in [0.15, 0.2) is 0 Å². The van der Waals surface area contributed by atoms with E-state index >= 15 is 0 Å². The van der Waals surface area contributed by atoms with Crippen molar-refractivity contribution in [3.05, 3.63) is 66.4 Å². The van der Waals surface area contributed by atoms with Gasteiger partial charge < -0.3 is 5.73 Å². The molecule has 0 radical (unpaired) electrons. The second kappa shape index (κ2) is 8.94. The van der Waals surface area contributed by atoms with Gasteiger partial charge in [0, 0.05) is 11.3 Å². The van der Waals surface area contributed by atoms with Crippen LogP contribution < -0.4 is 5.73 Å². The molecule has 1 aromatic heterocycles. The van der Waals surface area contributed by atoms with Gasteiger partial charge in [-0.1, -0.05) is 44.2 Å². The molecular formula is C19H21N3O2S. The minimum Gasteiger partial charge on any atom is -0.399 e. The van der Waals surface area contributed by atoms with Crippen LogP contribution in [0.1, 0.15) is 19.5 Å². The van der Waals surface area contributed by atoms with Gasteiger partial charge in [0.2, 0.25) is 0 Å². The zero-order valence-corrected chi connectivity index (χ0v) is 15.1. The van der Waals surface area contributed by atoms with Crippen LogP contribution in [-0.4, -0.2) is 18.2 Å². The van der Waals surface area contributed by atoms with Gasteiger partial charge in [0.1, 0.15) is 0 Å². The molecule has 0 unspecified atom stereocenters. The molecule has 3 rings (SSSR count). The predicted octanol–water partition coefficient (Wildman–Crippen LogP) is 3.65. The van der Waals surface area contributed by atoms with E-state index in [1.807, 2.05) is 35.0 Å². The van der Waals surface area contributed by atoms with Crippen molar-refractivity contribution in [2.24, 2.45) is 5.92 Å². The lowest BCUT2D eigenvalue weighted by molar-refractivity contribution is 0.628. The Morgan fingerprint density at radius 1 is 1.04 bits per heavy atom. The first-order valence-corrected chi connectivity index (χ1v) is 8.64. The first-order valence-electron chi connectivity index (χ1n) is 7.97. The van der Waals surface area contributed by atoms with Crippen molar-refractivity contribution in [1.29, 1.82) is 0 Å². The molecule has 0 spiro atoms. The minimum atomic E-state index is -0.750. The summed E-state index contributed by atoms with van der Waals surface area (Å²) in [6.45, 7) is 4.43. The minimum absolute atomic E-state index is 0.582. The lowest BCUT2D eigenvalue weighted by atomic mass is 10.1. The Hall–Kier alpha value is -2.73. The maximum Gasteiger partial charge on any atom is 0.335 e. The topological polar surface area (TPSA) is 78.0 Å². The van der Waals surface area contributed by atoms with Crippen molar-refractivity contribution in [1.82, 2.24) is 9.78 Å². The average Bonchev–Trinajstić information content (AvgIpc) is 3.00. The van der Waals surface area contributed by atoms with Crippen LogP contribution in [0, 0.1) is 5.92 Å². The van der Waals surface area contributed by atoms with Gasteiger partial charge in [-0.15, -0.1) is 0 Å². The monoisotopic (exact) mass is 355 g/mol. The van der Waals surface area contributed by atoms with E-state index in [1.54, 1.807) is 0 Å². The standard InChI is InChI=1S/C19H21N3.O2S/c1-14(2)12-17-13-19(15-6-4-3-5-7-15)22(21-17)18-10-8-16(20)9-11-18;1-3-2/h3-11,13-14H,12,20H2,1-2H3;. The summed E-state index contributed by atoms with van der Waals surface area (Å²) >= 11 is -0.750. The van der Waals surface area contributed by atoms with Gasteiger partial charge in [-0.05, 0) is 42.7 Å². The summed E-state index contributed by atoms with van der Waals surface area (Å²) in [7, 11) is 0. The number of anilines is 1. The van der Waals surface area contributed by atoms with Gasteiger partial charge in [-0.3, -0.25) is 0 Å². The normalized spacial score (nSPS) is 10.2. The quantitative estimate of drug-likeness (QED) is 0.725. The van der Waals surface area contributed by atoms with Gasteiger partial charge in [0.05, 0.1) is 17.1 Å². The summed E-state index contributed by atoms with van der Waals surface area (Å²) in [5.74, 6) is 0.582. The fourth-order valence-electron chi connectivity index (χ4n) is 2.58. The highest BCUT2D eigenvalue weighted by Gasteiger charge is 2.12. The number of nitrogens with zero attached hydrogens (tertiary/aromatic N) is 2. The van der Waals surface area contributed by atoms with E-state index in [0.29, 0.717) is 5.92 Å². The molecule has 1 heterocycles. The smallest absolute Gasteiger partial charge is 0.335 e. The van der Waals surface area contributed by atoms with Crippen molar-refractivity contribution < 1.29 is 8.42 Å². The Labute approximate surface area is 151 Å². The zero-order chi connectivity index (χ0) is 18.2. The van der Waals surface area contributed by atoms with E-state index in [-0.39, 0.29) is 0 Å². The van der Waals surface area contributed by atoms with Gasteiger partial charge >= 0.3 is 11.6 Å². The molecule has 0 saturated heterocycles. The second-order valence-corrected chi connectivity index (χ2v) is 6.19.